The van der Waals surface area contributed by atoms with Gasteiger partial charge in [-0.15, -0.1) is 0 Å². The Balaban J connectivity index is 2.71. The first-order valence-corrected chi connectivity index (χ1v) is 5.20. The van der Waals surface area contributed by atoms with Gasteiger partial charge in [0.15, 0.2) is 5.69 Å². The molecule has 0 radical (unpaired) electrons. The Labute approximate surface area is 98.4 Å². The molecule has 16 heavy (non-hydrogen) atoms. The van der Waals surface area contributed by atoms with Gasteiger partial charge in [0.1, 0.15) is 4.47 Å². The second-order valence-electron chi connectivity index (χ2n) is 3.08. The number of H-pyrrole nitrogens is 1. The third-order valence-corrected chi connectivity index (χ3v) is 2.80. The van der Waals surface area contributed by atoms with E-state index in [-0.39, 0.29) is 10.2 Å². The summed E-state index contributed by atoms with van der Waals surface area (Å²) in [7, 11) is 0. The number of aromatic amines is 1. The number of carboxylic acids is 1. The summed E-state index contributed by atoms with van der Waals surface area (Å²) in [6, 6.07) is 8.73. The fourth-order valence-electron chi connectivity index (χ4n) is 1.37. The highest BCUT2D eigenvalue weighted by molar-refractivity contribution is 9.10. The lowest BCUT2D eigenvalue weighted by molar-refractivity contribution is 0.0686. The Kier molecular flexibility index (Phi) is 2.66. The average molecular weight is 283 g/mol. The van der Waals surface area contributed by atoms with Crippen LogP contribution in [0.2, 0.25) is 0 Å². The zero-order chi connectivity index (χ0) is 11.7. The summed E-state index contributed by atoms with van der Waals surface area (Å²) in [5.41, 5.74) is 0.000142. The van der Waals surface area contributed by atoms with E-state index in [9.17, 15) is 9.59 Å². The predicted octanol–water partition coefficient (Wildman–Crippen LogP) is 1.63. The Morgan fingerprint density at radius 2 is 1.94 bits per heavy atom. The first-order valence-electron chi connectivity index (χ1n) is 4.40. The minimum Gasteiger partial charge on any atom is -0.476 e. The molecule has 0 bridgehead atoms. The summed E-state index contributed by atoms with van der Waals surface area (Å²) < 4.78 is 1.25. The molecule has 6 heteroatoms. The number of halogens is 1. The number of nitrogens with one attached hydrogen (secondary N) is 1. The van der Waals surface area contributed by atoms with Crippen molar-refractivity contribution >= 4 is 21.9 Å². The van der Waals surface area contributed by atoms with Crippen LogP contribution in [0, 0.1) is 0 Å². The van der Waals surface area contributed by atoms with E-state index in [0.717, 1.165) is 0 Å². The van der Waals surface area contributed by atoms with Crippen molar-refractivity contribution in [1.29, 1.82) is 0 Å². The fourth-order valence-corrected chi connectivity index (χ4v) is 1.81. The van der Waals surface area contributed by atoms with Crippen molar-refractivity contribution in [1.82, 2.24) is 9.78 Å². The van der Waals surface area contributed by atoms with Crippen molar-refractivity contribution in [3.05, 3.63) is 50.9 Å². The number of nitrogens with zero attached hydrogens (tertiary/aromatic N) is 1. The van der Waals surface area contributed by atoms with Crippen LogP contribution in [0.1, 0.15) is 10.5 Å². The maximum atomic E-state index is 11.4. The van der Waals surface area contributed by atoms with Gasteiger partial charge in [-0.25, -0.2) is 9.48 Å². The van der Waals surface area contributed by atoms with E-state index in [2.05, 4.69) is 21.0 Å². The molecule has 0 aliphatic heterocycles. The number of hydrogen-bond donors (Lipinski definition) is 2. The Bertz CT molecular complexity index is 586. The van der Waals surface area contributed by atoms with E-state index >= 15 is 0 Å². The van der Waals surface area contributed by atoms with Crippen molar-refractivity contribution < 1.29 is 9.90 Å². The fraction of sp³-hybridized carbons (Fsp3) is 0. The van der Waals surface area contributed by atoms with Gasteiger partial charge in [0.05, 0.1) is 5.69 Å². The highest BCUT2D eigenvalue weighted by Gasteiger charge is 2.19. The van der Waals surface area contributed by atoms with Gasteiger partial charge in [-0.05, 0) is 28.1 Å². The van der Waals surface area contributed by atoms with E-state index < -0.39 is 11.5 Å². The van der Waals surface area contributed by atoms with E-state index in [1.165, 1.54) is 4.68 Å². The van der Waals surface area contributed by atoms with Gasteiger partial charge in [-0.1, -0.05) is 18.2 Å². The van der Waals surface area contributed by atoms with Crippen LogP contribution in [0.25, 0.3) is 5.69 Å². The van der Waals surface area contributed by atoms with Gasteiger partial charge in [0.25, 0.3) is 5.56 Å². The summed E-state index contributed by atoms with van der Waals surface area (Å²) in [5.74, 6) is -1.17. The molecule has 0 aliphatic carbocycles. The van der Waals surface area contributed by atoms with Crippen LogP contribution in [0.3, 0.4) is 0 Å². The third-order valence-electron chi connectivity index (χ3n) is 2.06. The summed E-state index contributed by atoms with van der Waals surface area (Å²) >= 11 is 2.95. The van der Waals surface area contributed by atoms with Crippen LogP contribution in [-0.4, -0.2) is 20.9 Å². The molecule has 0 aliphatic rings. The minimum absolute atomic E-state index is 0.0175. The van der Waals surface area contributed by atoms with Gasteiger partial charge < -0.3 is 5.11 Å². The second kappa shape index (κ2) is 3.97. The summed E-state index contributed by atoms with van der Waals surface area (Å²) in [5, 5.41) is 11.5. The zero-order valence-electron chi connectivity index (χ0n) is 7.98. The molecule has 0 atom stereocenters. The number of para-hydroxylation sites is 1. The maximum Gasteiger partial charge on any atom is 0.355 e. The molecule has 0 fully saturated rings. The van der Waals surface area contributed by atoms with E-state index in [1.807, 2.05) is 0 Å². The highest BCUT2D eigenvalue weighted by atomic mass is 79.9. The lowest BCUT2D eigenvalue weighted by Gasteiger charge is -2.04. The molecule has 2 aromatic rings. The van der Waals surface area contributed by atoms with E-state index in [4.69, 9.17) is 5.11 Å². The summed E-state index contributed by atoms with van der Waals surface area (Å²) in [6.07, 6.45) is 0. The molecule has 5 nitrogen and oxygen atoms in total. The van der Waals surface area contributed by atoms with Crippen LogP contribution in [0.4, 0.5) is 0 Å². The molecule has 2 N–H and O–H groups in total. The van der Waals surface area contributed by atoms with Gasteiger partial charge in [0.2, 0.25) is 0 Å². The molecular formula is C10H7BrN2O3. The standard InChI is InChI=1S/C10H7BrN2O3/c11-7-8(10(15)16)13(12-9(7)14)6-4-2-1-3-5-6/h1-5H,(H,12,14)(H,15,16). The number of carboxylic acid groups (broad SMARTS) is 1. The molecule has 0 unspecified atom stereocenters. The molecule has 0 saturated heterocycles. The van der Waals surface area contributed by atoms with Crippen LogP contribution in [-0.2, 0) is 0 Å². The molecular weight excluding hydrogens is 276 g/mol. The van der Waals surface area contributed by atoms with Crippen LogP contribution < -0.4 is 5.56 Å². The normalized spacial score (nSPS) is 10.3. The van der Waals surface area contributed by atoms with Gasteiger partial charge in [-0.3, -0.25) is 9.89 Å². The predicted molar refractivity (Wildman–Crippen MR) is 61.0 cm³/mol. The number of benzene rings is 1. The molecule has 1 heterocycles. The highest BCUT2D eigenvalue weighted by Crippen LogP contribution is 2.16. The van der Waals surface area contributed by atoms with Gasteiger partial charge in [0, 0.05) is 0 Å². The molecule has 1 aromatic heterocycles. The van der Waals surface area contributed by atoms with Crippen molar-refractivity contribution in [3.8, 4) is 5.69 Å². The smallest absolute Gasteiger partial charge is 0.355 e. The molecule has 0 spiro atoms. The molecule has 82 valence electrons. The first kappa shape index (κ1) is 10.7. The number of aromatic nitrogens is 2. The van der Waals surface area contributed by atoms with Crippen LogP contribution in [0.15, 0.2) is 39.6 Å². The second-order valence-corrected chi connectivity index (χ2v) is 3.87. The van der Waals surface area contributed by atoms with Crippen molar-refractivity contribution in [2.24, 2.45) is 0 Å². The number of rotatable bonds is 2. The monoisotopic (exact) mass is 282 g/mol. The Morgan fingerprint density at radius 1 is 1.31 bits per heavy atom. The molecule has 0 amide bonds. The maximum absolute atomic E-state index is 11.4. The zero-order valence-corrected chi connectivity index (χ0v) is 9.56. The van der Waals surface area contributed by atoms with E-state index in [0.29, 0.717) is 5.69 Å². The SMILES string of the molecule is O=C(O)c1c(Br)c(=O)[nH]n1-c1ccccc1. The van der Waals surface area contributed by atoms with Crippen LogP contribution >= 0.6 is 15.9 Å². The largest absolute Gasteiger partial charge is 0.476 e. The molecule has 2 rings (SSSR count). The first-order chi connectivity index (χ1) is 7.61. The Morgan fingerprint density at radius 3 is 2.50 bits per heavy atom. The van der Waals surface area contributed by atoms with Gasteiger partial charge >= 0.3 is 5.97 Å². The van der Waals surface area contributed by atoms with Gasteiger partial charge in [-0.2, -0.15) is 0 Å². The number of hydrogen-bond acceptors (Lipinski definition) is 2. The Hall–Kier alpha value is -1.82. The van der Waals surface area contributed by atoms with Crippen molar-refractivity contribution in [2.75, 3.05) is 0 Å². The van der Waals surface area contributed by atoms with Crippen LogP contribution in [0.5, 0.6) is 0 Å². The summed E-state index contributed by atoms with van der Waals surface area (Å²) in [4.78, 5) is 22.4. The summed E-state index contributed by atoms with van der Waals surface area (Å²) in [6.45, 7) is 0. The quantitative estimate of drug-likeness (QED) is 0.879. The topological polar surface area (TPSA) is 75.1 Å². The average Bonchev–Trinajstić information content (AvgIpc) is 2.57. The molecule has 1 aromatic carbocycles. The third kappa shape index (κ3) is 1.67. The van der Waals surface area contributed by atoms with Crippen molar-refractivity contribution in [3.63, 3.8) is 0 Å². The lowest BCUT2D eigenvalue weighted by atomic mass is 10.3. The molecule has 0 saturated carbocycles. The number of aromatic carboxylic acids is 1. The van der Waals surface area contributed by atoms with E-state index in [1.54, 1.807) is 30.3 Å². The minimum atomic E-state index is -1.17. The number of carbonyl (C=O) groups is 1. The lowest BCUT2D eigenvalue weighted by Crippen LogP contribution is -2.08. The van der Waals surface area contributed by atoms with Crippen molar-refractivity contribution in [2.45, 2.75) is 0 Å².